The molecule has 0 aliphatic heterocycles. The van der Waals surface area contributed by atoms with E-state index in [-0.39, 0.29) is 5.56 Å². The molecule has 0 bridgehead atoms. The van der Waals surface area contributed by atoms with Gasteiger partial charge in [-0.2, -0.15) is 0 Å². The smallest absolute Gasteiger partial charge is 0.308 e. The van der Waals surface area contributed by atoms with Crippen LogP contribution >= 0.6 is 0 Å². The SMILES string of the molecule is CC(=O)Oc1ccc2c(=O)[nH]c(-c3ccccc3)nc2c1. The second-order valence-corrected chi connectivity index (χ2v) is 4.55. The first-order chi connectivity index (χ1) is 10.1. The van der Waals surface area contributed by atoms with Gasteiger partial charge in [0.1, 0.15) is 11.6 Å². The average molecular weight is 280 g/mol. The molecule has 2 aromatic carbocycles. The van der Waals surface area contributed by atoms with Crippen molar-refractivity contribution in [2.24, 2.45) is 0 Å². The molecule has 1 N–H and O–H groups in total. The summed E-state index contributed by atoms with van der Waals surface area (Å²) >= 11 is 0. The third kappa shape index (κ3) is 2.67. The van der Waals surface area contributed by atoms with Gasteiger partial charge in [-0.25, -0.2) is 4.98 Å². The first-order valence-corrected chi connectivity index (χ1v) is 6.41. The second kappa shape index (κ2) is 5.20. The van der Waals surface area contributed by atoms with E-state index in [9.17, 15) is 9.59 Å². The predicted octanol–water partition coefficient (Wildman–Crippen LogP) is 2.52. The highest BCUT2D eigenvalue weighted by molar-refractivity contribution is 5.82. The van der Waals surface area contributed by atoms with Crippen LogP contribution in [-0.4, -0.2) is 15.9 Å². The van der Waals surface area contributed by atoms with Crippen LogP contribution < -0.4 is 10.3 Å². The molecule has 1 aromatic heterocycles. The zero-order chi connectivity index (χ0) is 14.8. The molecule has 3 aromatic rings. The number of aromatic nitrogens is 2. The lowest BCUT2D eigenvalue weighted by atomic mass is 10.2. The normalized spacial score (nSPS) is 10.5. The minimum Gasteiger partial charge on any atom is -0.427 e. The van der Waals surface area contributed by atoms with Gasteiger partial charge in [-0.15, -0.1) is 0 Å². The first-order valence-electron chi connectivity index (χ1n) is 6.41. The van der Waals surface area contributed by atoms with E-state index in [1.807, 2.05) is 30.3 Å². The van der Waals surface area contributed by atoms with Gasteiger partial charge in [-0.05, 0) is 12.1 Å². The van der Waals surface area contributed by atoms with Crippen LogP contribution in [0.3, 0.4) is 0 Å². The molecule has 0 radical (unpaired) electrons. The summed E-state index contributed by atoms with van der Waals surface area (Å²) in [6, 6.07) is 14.1. The van der Waals surface area contributed by atoms with Gasteiger partial charge in [-0.3, -0.25) is 9.59 Å². The summed E-state index contributed by atoms with van der Waals surface area (Å²) in [6.07, 6.45) is 0. The summed E-state index contributed by atoms with van der Waals surface area (Å²) in [7, 11) is 0. The number of hydrogen-bond donors (Lipinski definition) is 1. The third-order valence-corrected chi connectivity index (χ3v) is 2.99. The van der Waals surface area contributed by atoms with Crippen LogP contribution in [0.2, 0.25) is 0 Å². The Balaban J connectivity index is 2.17. The highest BCUT2D eigenvalue weighted by Gasteiger charge is 2.07. The number of rotatable bonds is 2. The number of esters is 1. The molecule has 5 heteroatoms. The Labute approximate surface area is 120 Å². The molecule has 0 unspecified atom stereocenters. The van der Waals surface area contributed by atoms with Crippen LogP contribution in [0, 0.1) is 0 Å². The molecule has 3 rings (SSSR count). The number of hydrogen-bond acceptors (Lipinski definition) is 4. The monoisotopic (exact) mass is 280 g/mol. The fourth-order valence-electron chi connectivity index (χ4n) is 2.08. The Morgan fingerprint density at radius 1 is 1.14 bits per heavy atom. The van der Waals surface area contributed by atoms with E-state index in [2.05, 4.69) is 9.97 Å². The van der Waals surface area contributed by atoms with E-state index in [0.29, 0.717) is 22.5 Å². The van der Waals surface area contributed by atoms with Crippen molar-refractivity contribution < 1.29 is 9.53 Å². The Hall–Kier alpha value is -2.95. The molecule has 104 valence electrons. The minimum atomic E-state index is -0.414. The van der Waals surface area contributed by atoms with Crippen LogP contribution in [0.15, 0.2) is 53.3 Å². The van der Waals surface area contributed by atoms with Gasteiger partial charge in [0.2, 0.25) is 0 Å². The van der Waals surface area contributed by atoms with Gasteiger partial charge in [0, 0.05) is 18.6 Å². The fraction of sp³-hybridized carbons (Fsp3) is 0.0625. The highest BCUT2D eigenvalue weighted by Crippen LogP contribution is 2.20. The topological polar surface area (TPSA) is 72.1 Å². The Morgan fingerprint density at radius 3 is 2.62 bits per heavy atom. The molecule has 0 spiro atoms. The average Bonchev–Trinajstić information content (AvgIpc) is 2.47. The molecule has 0 fully saturated rings. The Kier molecular flexibility index (Phi) is 3.23. The first kappa shape index (κ1) is 13.1. The maximum Gasteiger partial charge on any atom is 0.308 e. The molecule has 0 saturated heterocycles. The number of carbonyl (C=O) groups is 1. The molecule has 5 nitrogen and oxygen atoms in total. The zero-order valence-electron chi connectivity index (χ0n) is 11.3. The summed E-state index contributed by atoms with van der Waals surface area (Å²) < 4.78 is 5.02. The van der Waals surface area contributed by atoms with Crippen LogP contribution in [-0.2, 0) is 4.79 Å². The van der Waals surface area contributed by atoms with E-state index >= 15 is 0 Å². The van der Waals surface area contributed by atoms with Crippen molar-refractivity contribution in [3.8, 4) is 17.1 Å². The van der Waals surface area contributed by atoms with E-state index in [4.69, 9.17) is 4.74 Å². The summed E-state index contributed by atoms with van der Waals surface area (Å²) in [5, 5.41) is 0.450. The number of carbonyl (C=O) groups excluding carboxylic acids is 1. The van der Waals surface area contributed by atoms with Gasteiger partial charge < -0.3 is 9.72 Å². The molecule has 1 heterocycles. The largest absolute Gasteiger partial charge is 0.427 e. The minimum absolute atomic E-state index is 0.228. The molecule has 0 saturated carbocycles. The number of fused-ring (bicyclic) bond motifs is 1. The third-order valence-electron chi connectivity index (χ3n) is 2.99. The lowest BCUT2D eigenvalue weighted by Crippen LogP contribution is -2.10. The number of aromatic amines is 1. The van der Waals surface area contributed by atoms with Crippen molar-refractivity contribution in [2.75, 3.05) is 0 Å². The van der Waals surface area contributed by atoms with Crippen LogP contribution in [0.25, 0.3) is 22.3 Å². The van der Waals surface area contributed by atoms with Crippen molar-refractivity contribution in [1.29, 1.82) is 0 Å². The zero-order valence-corrected chi connectivity index (χ0v) is 11.3. The predicted molar refractivity (Wildman–Crippen MR) is 79.1 cm³/mol. The van der Waals surface area contributed by atoms with Gasteiger partial charge in [0.25, 0.3) is 5.56 Å². The summed E-state index contributed by atoms with van der Waals surface area (Å²) in [5.41, 5.74) is 1.07. The molecule has 0 atom stereocenters. The molecule has 21 heavy (non-hydrogen) atoms. The van der Waals surface area contributed by atoms with E-state index in [1.165, 1.54) is 6.92 Å². The number of nitrogens with one attached hydrogen (secondary N) is 1. The van der Waals surface area contributed by atoms with Gasteiger partial charge >= 0.3 is 5.97 Å². The summed E-state index contributed by atoms with van der Waals surface area (Å²) in [6.45, 7) is 1.32. The van der Waals surface area contributed by atoms with Crippen molar-refractivity contribution in [1.82, 2.24) is 9.97 Å². The van der Waals surface area contributed by atoms with Crippen LogP contribution in [0.4, 0.5) is 0 Å². The Bertz CT molecular complexity index is 870. The maximum atomic E-state index is 12.1. The van der Waals surface area contributed by atoms with Crippen LogP contribution in [0.5, 0.6) is 5.75 Å². The fourth-order valence-corrected chi connectivity index (χ4v) is 2.08. The van der Waals surface area contributed by atoms with Crippen molar-refractivity contribution >= 4 is 16.9 Å². The van der Waals surface area contributed by atoms with E-state index < -0.39 is 5.97 Å². The summed E-state index contributed by atoms with van der Waals surface area (Å²) in [5.74, 6) is 0.433. The lowest BCUT2D eigenvalue weighted by molar-refractivity contribution is -0.131. The number of ether oxygens (including phenoxy) is 1. The maximum absolute atomic E-state index is 12.1. The lowest BCUT2D eigenvalue weighted by Gasteiger charge is -2.05. The van der Waals surface area contributed by atoms with E-state index in [0.717, 1.165) is 5.56 Å². The number of benzene rings is 2. The Morgan fingerprint density at radius 2 is 1.90 bits per heavy atom. The molecule has 0 aliphatic rings. The van der Waals surface area contributed by atoms with Gasteiger partial charge in [0.05, 0.1) is 10.9 Å². The van der Waals surface area contributed by atoms with Crippen LogP contribution in [0.1, 0.15) is 6.92 Å². The molecule has 0 aliphatic carbocycles. The second-order valence-electron chi connectivity index (χ2n) is 4.55. The quantitative estimate of drug-likeness (QED) is 0.578. The van der Waals surface area contributed by atoms with Crippen molar-refractivity contribution in [3.63, 3.8) is 0 Å². The number of nitrogens with zero attached hydrogens (tertiary/aromatic N) is 1. The standard InChI is InChI=1S/C16H12N2O3/c1-10(19)21-12-7-8-13-14(9-12)17-15(18-16(13)20)11-5-3-2-4-6-11/h2-9H,1H3,(H,17,18,20). The molecule has 0 amide bonds. The van der Waals surface area contributed by atoms with Crippen molar-refractivity contribution in [3.05, 3.63) is 58.9 Å². The van der Waals surface area contributed by atoms with Gasteiger partial charge in [0.15, 0.2) is 0 Å². The van der Waals surface area contributed by atoms with Crippen molar-refractivity contribution in [2.45, 2.75) is 6.92 Å². The van der Waals surface area contributed by atoms with E-state index in [1.54, 1.807) is 18.2 Å². The number of H-pyrrole nitrogens is 1. The van der Waals surface area contributed by atoms with Gasteiger partial charge in [-0.1, -0.05) is 30.3 Å². The molecular weight excluding hydrogens is 268 g/mol. The molecular formula is C16H12N2O3. The summed E-state index contributed by atoms with van der Waals surface area (Å²) in [4.78, 5) is 30.3. The highest BCUT2D eigenvalue weighted by atomic mass is 16.5.